The molecule has 0 radical (unpaired) electrons. The number of anilines is 2. The molecule has 0 N–H and O–H groups in total. The number of halogens is 2. The van der Waals surface area contributed by atoms with E-state index in [-0.39, 0.29) is 24.8 Å². The fraction of sp³-hybridized carbons (Fsp3) is 0.250. The summed E-state index contributed by atoms with van der Waals surface area (Å²) in [7, 11) is 8.06. The van der Waals surface area contributed by atoms with E-state index in [2.05, 4.69) is 21.9 Å². The van der Waals surface area contributed by atoms with Gasteiger partial charge in [-0.05, 0) is 0 Å². The molecule has 23 heavy (non-hydrogen) atoms. The van der Waals surface area contributed by atoms with Crippen LogP contribution in [0.3, 0.4) is 0 Å². The standard InChI is InChI=1S/2C8H11NO.2ClH.Zr/c2*1-9(2)7-4-3-5-8(10)6-7;;;/h2*3-6,10H,1-2H3;2*1H;/q;;;;+4/p-4. The Labute approximate surface area is 163 Å². The summed E-state index contributed by atoms with van der Waals surface area (Å²) in [6.45, 7) is 0. The SMILES string of the molecule is CN(C)c1cccc([O][Zr+2][O]c2cccc(N(C)C)c2)c1.[Cl-].[Cl-]. The largest absolute Gasteiger partial charge is 1.00 e. The molecule has 0 saturated heterocycles. The number of hydrogen-bond donors (Lipinski definition) is 0. The fourth-order valence-electron chi connectivity index (χ4n) is 1.77. The quantitative estimate of drug-likeness (QED) is 0.491. The van der Waals surface area contributed by atoms with Crippen molar-refractivity contribution in [2.45, 2.75) is 0 Å². The molecule has 0 heterocycles. The van der Waals surface area contributed by atoms with Crippen LogP contribution in [0, 0.1) is 0 Å². The molecule has 4 nitrogen and oxygen atoms in total. The van der Waals surface area contributed by atoms with E-state index < -0.39 is 24.1 Å². The molecule has 2 aromatic rings. The first-order valence-corrected chi connectivity index (χ1v) is 8.70. The van der Waals surface area contributed by atoms with Crippen LogP contribution in [0.15, 0.2) is 48.5 Å². The maximum Gasteiger partial charge on any atom is -1.00 e. The average molecular weight is 434 g/mol. The summed E-state index contributed by atoms with van der Waals surface area (Å²) >= 11 is -1.39. The molecule has 124 valence electrons. The third kappa shape index (κ3) is 7.03. The van der Waals surface area contributed by atoms with Crippen LogP contribution < -0.4 is 40.2 Å². The monoisotopic (exact) mass is 432 g/mol. The summed E-state index contributed by atoms with van der Waals surface area (Å²) in [5, 5.41) is 0. The summed E-state index contributed by atoms with van der Waals surface area (Å²) in [5.74, 6) is 1.74. The van der Waals surface area contributed by atoms with E-state index in [1.165, 1.54) is 0 Å². The number of nitrogens with zero attached hydrogens (tertiary/aromatic N) is 2. The van der Waals surface area contributed by atoms with Gasteiger partial charge in [-0.3, -0.25) is 0 Å². The molecule has 0 fully saturated rings. The van der Waals surface area contributed by atoms with Crippen molar-refractivity contribution in [3.05, 3.63) is 48.5 Å². The minimum Gasteiger partial charge on any atom is -1.00 e. The minimum absolute atomic E-state index is 0. The first-order valence-electron chi connectivity index (χ1n) is 6.70. The zero-order chi connectivity index (χ0) is 15.2. The summed E-state index contributed by atoms with van der Waals surface area (Å²) in [6.07, 6.45) is 0. The molecule has 0 aromatic heterocycles. The molecule has 0 unspecified atom stereocenters. The van der Waals surface area contributed by atoms with Gasteiger partial charge in [0.25, 0.3) is 0 Å². The van der Waals surface area contributed by atoms with E-state index >= 15 is 0 Å². The fourth-order valence-corrected chi connectivity index (χ4v) is 2.97. The molecule has 0 atom stereocenters. The van der Waals surface area contributed by atoms with Gasteiger partial charge in [0, 0.05) is 0 Å². The Balaban J connectivity index is 0.00000242. The van der Waals surface area contributed by atoms with E-state index in [4.69, 9.17) is 5.63 Å². The summed E-state index contributed by atoms with van der Waals surface area (Å²) in [4.78, 5) is 4.11. The normalized spacial score (nSPS) is 8.87. The summed E-state index contributed by atoms with van der Waals surface area (Å²) in [6, 6.07) is 16.1. The van der Waals surface area contributed by atoms with Crippen LogP contribution in [0.25, 0.3) is 0 Å². The van der Waals surface area contributed by atoms with Crippen molar-refractivity contribution >= 4 is 11.4 Å². The van der Waals surface area contributed by atoms with Crippen LogP contribution in [0.5, 0.6) is 11.5 Å². The molecule has 0 spiro atoms. The predicted octanol–water partition coefficient (Wildman–Crippen LogP) is -2.80. The van der Waals surface area contributed by atoms with E-state index in [0.717, 1.165) is 22.9 Å². The van der Waals surface area contributed by atoms with E-state index in [1.54, 1.807) is 0 Å². The van der Waals surface area contributed by atoms with Crippen LogP contribution in [0.4, 0.5) is 11.4 Å². The van der Waals surface area contributed by atoms with Gasteiger partial charge in [0.2, 0.25) is 0 Å². The van der Waals surface area contributed by atoms with Gasteiger partial charge in [-0.1, -0.05) is 0 Å². The first kappa shape index (κ1) is 22.1. The van der Waals surface area contributed by atoms with Crippen molar-refractivity contribution in [1.82, 2.24) is 0 Å². The van der Waals surface area contributed by atoms with Crippen molar-refractivity contribution in [2.75, 3.05) is 38.0 Å². The van der Waals surface area contributed by atoms with Crippen molar-refractivity contribution in [2.24, 2.45) is 0 Å². The molecule has 2 rings (SSSR count). The van der Waals surface area contributed by atoms with Gasteiger partial charge in [0.15, 0.2) is 0 Å². The Kier molecular flexibility index (Phi) is 10.4. The Morgan fingerprint density at radius 1 is 0.696 bits per heavy atom. The van der Waals surface area contributed by atoms with Gasteiger partial charge in [-0.25, -0.2) is 0 Å². The third-order valence-corrected chi connectivity index (χ3v) is 4.56. The minimum atomic E-state index is -1.39. The molecule has 0 amide bonds. The van der Waals surface area contributed by atoms with Crippen LogP contribution >= 0.6 is 0 Å². The molecule has 7 heteroatoms. The molecule has 0 aliphatic carbocycles. The van der Waals surface area contributed by atoms with Crippen LogP contribution in [-0.4, -0.2) is 28.2 Å². The van der Waals surface area contributed by atoms with Crippen molar-refractivity contribution in [3.63, 3.8) is 0 Å². The Bertz CT molecular complexity index is 546. The Morgan fingerprint density at radius 3 is 1.43 bits per heavy atom. The van der Waals surface area contributed by atoms with Gasteiger partial charge in [-0.15, -0.1) is 0 Å². The van der Waals surface area contributed by atoms with Crippen molar-refractivity contribution in [3.8, 4) is 11.5 Å². The van der Waals surface area contributed by atoms with Crippen LogP contribution in [0.2, 0.25) is 0 Å². The molecule has 0 aliphatic rings. The van der Waals surface area contributed by atoms with Crippen molar-refractivity contribution < 1.29 is 54.6 Å². The van der Waals surface area contributed by atoms with Crippen LogP contribution in [0.1, 0.15) is 0 Å². The molecule has 0 aliphatic heterocycles. The van der Waals surface area contributed by atoms with E-state index in [1.807, 2.05) is 64.6 Å². The second kappa shape index (κ2) is 10.8. The number of rotatable bonds is 6. The maximum atomic E-state index is 5.81. The van der Waals surface area contributed by atoms with E-state index in [0.29, 0.717) is 0 Å². The van der Waals surface area contributed by atoms with Gasteiger partial charge in [-0.2, -0.15) is 0 Å². The maximum absolute atomic E-state index is 5.81. The molecule has 2 aromatic carbocycles. The second-order valence-electron chi connectivity index (χ2n) is 5.07. The summed E-state index contributed by atoms with van der Waals surface area (Å²) < 4.78 is 11.6. The molecule has 0 saturated carbocycles. The second-order valence-corrected chi connectivity index (χ2v) is 6.48. The predicted molar refractivity (Wildman–Crippen MR) is 82.8 cm³/mol. The van der Waals surface area contributed by atoms with Gasteiger partial charge >= 0.3 is 139 Å². The topological polar surface area (TPSA) is 24.9 Å². The Morgan fingerprint density at radius 2 is 1.09 bits per heavy atom. The zero-order valence-corrected chi connectivity index (χ0v) is 17.6. The Hall–Kier alpha value is -0.897. The number of benzene rings is 2. The van der Waals surface area contributed by atoms with Gasteiger partial charge < -0.3 is 24.8 Å². The molecular weight excluding hydrogens is 414 g/mol. The average Bonchev–Trinajstić information content (AvgIpc) is 2.48. The molecular formula is C16H20Cl2N2O2Zr. The third-order valence-electron chi connectivity index (χ3n) is 2.99. The van der Waals surface area contributed by atoms with Gasteiger partial charge in [0.05, 0.1) is 0 Å². The van der Waals surface area contributed by atoms with Crippen molar-refractivity contribution in [1.29, 1.82) is 0 Å². The first-order chi connectivity index (χ1) is 10.1. The molecule has 0 bridgehead atoms. The smallest absolute Gasteiger partial charge is 1.00 e. The summed E-state index contributed by atoms with van der Waals surface area (Å²) in [5.41, 5.74) is 2.25. The van der Waals surface area contributed by atoms with Crippen LogP contribution in [-0.2, 0) is 24.1 Å². The van der Waals surface area contributed by atoms with Gasteiger partial charge in [0.1, 0.15) is 0 Å². The zero-order valence-electron chi connectivity index (χ0n) is 13.6. The number of hydrogen-bond acceptors (Lipinski definition) is 4. The van der Waals surface area contributed by atoms with E-state index in [9.17, 15) is 0 Å².